The first-order valence-corrected chi connectivity index (χ1v) is 8.37. The quantitative estimate of drug-likeness (QED) is 0.871. The van der Waals surface area contributed by atoms with Crippen molar-refractivity contribution in [1.29, 1.82) is 0 Å². The van der Waals surface area contributed by atoms with Crippen LogP contribution in [0.15, 0.2) is 28.9 Å². The van der Waals surface area contributed by atoms with E-state index in [2.05, 4.69) is 15.2 Å². The highest BCUT2D eigenvalue weighted by molar-refractivity contribution is 5.80. The van der Waals surface area contributed by atoms with Crippen molar-refractivity contribution in [1.82, 2.24) is 20.1 Å². The molecular formula is C17H20N4O2. The van der Waals surface area contributed by atoms with E-state index in [1.807, 2.05) is 17.0 Å². The summed E-state index contributed by atoms with van der Waals surface area (Å²) in [4.78, 5) is 18.7. The smallest absolute Gasteiger partial charge is 0.249 e. The van der Waals surface area contributed by atoms with Crippen molar-refractivity contribution in [3.8, 4) is 11.5 Å². The van der Waals surface area contributed by atoms with E-state index < -0.39 is 0 Å². The van der Waals surface area contributed by atoms with E-state index >= 15 is 0 Å². The van der Waals surface area contributed by atoms with Crippen LogP contribution < -0.4 is 0 Å². The van der Waals surface area contributed by atoms with Gasteiger partial charge in [0, 0.05) is 24.9 Å². The zero-order valence-electron chi connectivity index (χ0n) is 13.0. The Hall–Kier alpha value is -2.24. The Balaban J connectivity index is 1.57. The van der Waals surface area contributed by atoms with E-state index in [9.17, 15) is 4.79 Å². The number of aromatic nitrogens is 3. The van der Waals surface area contributed by atoms with Gasteiger partial charge in [-0.2, -0.15) is 0 Å². The van der Waals surface area contributed by atoms with Crippen LogP contribution in [0.25, 0.3) is 11.5 Å². The molecule has 0 N–H and O–H groups in total. The minimum atomic E-state index is -0.0743. The summed E-state index contributed by atoms with van der Waals surface area (Å²) in [5.74, 6) is 1.49. The predicted molar refractivity (Wildman–Crippen MR) is 83.2 cm³/mol. The average Bonchev–Trinajstić information content (AvgIpc) is 3.04. The van der Waals surface area contributed by atoms with Crippen LogP contribution in [0.4, 0.5) is 0 Å². The molecule has 1 atom stereocenters. The molecule has 0 aromatic carbocycles. The highest BCUT2D eigenvalue weighted by Crippen LogP contribution is 2.36. The second-order valence-electron chi connectivity index (χ2n) is 6.36. The van der Waals surface area contributed by atoms with Gasteiger partial charge < -0.3 is 9.32 Å². The summed E-state index contributed by atoms with van der Waals surface area (Å²) in [6, 6.07) is 3.66. The van der Waals surface area contributed by atoms with Crippen LogP contribution in [0.1, 0.15) is 50.5 Å². The van der Waals surface area contributed by atoms with Crippen LogP contribution in [-0.2, 0) is 4.79 Å². The molecule has 1 saturated heterocycles. The highest BCUT2D eigenvalue weighted by Gasteiger charge is 2.37. The van der Waals surface area contributed by atoms with Gasteiger partial charge in [-0.05, 0) is 44.2 Å². The Morgan fingerprint density at radius 3 is 2.83 bits per heavy atom. The van der Waals surface area contributed by atoms with Crippen LogP contribution in [-0.4, -0.2) is 32.5 Å². The van der Waals surface area contributed by atoms with Crippen molar-refractivity contribution in [2.24, 2.45) is 5.92 Å². The third-order valence-corrected chi connectivity index (χ3v) is 4.87. The fourth-order valence-corrected chi connectivity index (χ4v) is 3.32. The van der Waals surface area contributed by atoms with Gasteiger partial charge in [0.15, 0.2) is 0 Å². The Morgan fingerprint density at radius 2 is 2.09 bits per heavy atom. The summed E-state index contributed by atoms with van der Waals surface area (Å²) in [5.41, 5.74) is 0.805. The maximum Gasteiger partial charge on any atom is 0.249 e. The molecule has 1 saturated carbocycles. The Labute approximate surface area is 134 Å². The molecule has 2 aromatic heterocycles. The molecule has 1 aliphatic heterocycles. The fourth-order valence-electron chi connectivity index (χ4n) is 3.32. The van der Waals surface area contributed by atoms with E-state index in [1.165, 1.54) is 6.42 Å². The van der Waals surface area contributed by atoms with Crippen molar-refractivity contribution in [2.45, 2.75) is 44.6 Å². The SMILES string of the molecule is O=C(C1CCC1)N1CCCC[C@H]1c1nnc(-c2cccnc2)o1. The molecule has 0 unspecified atom stereocenters. The van der Waals surface area contributed by atoms with E-state index in [-0.39, 0.29) is 17.9 Å². The van der Waals surface area contributed by atoms with Gasteiger partial charge in [-0.15, -0.1) is 10.2 Å². The second-order valence-corrected chi connectivity index (χ2v) is 6.36. The molecule has 2 fully saturated rings. The number of piperidine rings is 1. The summed E-state index contributed by atoms with van der Waals surface area (Å²) in [6.07, 6.45) is 9.66. The zero-order valence-corrected chi connectivity index (χ0v) is 13.0. The van der Waals surface area contributed by atoms with Crippen LogP contribution in [0.5, 0.6) is 0 Å². The predicted octanol–water partition coefficient (Wildman–Crippen LogP) is 2.99. The van der Waals surface area contributed by atoms with Gasteiger partial charge in [0.05, 0.1) is 5.56 Å². The number of hydrogen-bond acceptors (Lipinski definition) is 5. The molecule has 4 rings (SSSR count). The highest BCUT2D eigenvalue weighted by atomic mass is 16.4. The first kappa shape index (κ1) is 14.4. The molecule has 6 nitrogen and oxygen atoms in total. The number of pyridine rings is 1. The Kier molecular flexibility index (Phi) is 3.81. The number of likely N-dealkylation sites (tertiary alicyclic amines) is 1. The van der Waals surface area contributed by atoms with Crippen molar-refractivity contribution in [3.05, 3.63) is 30.4 Å². The lowest BCUT2D eigenvalue weighted by Crippen LogP contribution is -2.43. The first-order valence-electron chi connectivity index (χ1n) is 8.37. The van der Waals surface area contributed by atoms with Crippen molar-refractivity contribution >= 4 is 5.91 Å². The normalized spacial score (nSPS) is 21.9. The standard InChI is InChI=1S/C17H20N4O2/c22-17(12-5-3-6-12)21-10-2-1-8-14(21)16-20-19-15(23-16)13-7-4-9-18-11-13/h4,7,9,11-12,14H,1-3,5-6,8,10H2/t14-/m0/s1. The topological polar surface area (TPSA) is 72.1 Å². The maximum atomic E-state index is 12.7. The van der Waals surface area contributed by atoms with Crippen molar-refractivity contribution in [2.75, 3.05) is 6.54 Å². The van der Waals surface area contributed by atoms with E-state index in [0.29, 0.717) is 11.8 Å². The molecule has 1 aliphatic carbocycles. The lowest BCUT2D eigenvalue weighted by atomic mass is 9.83. The summed E-state index contributed by atoms with van der Waals surface area (Å²) in [6.45, 7) is 0.796. The molecule has 1 amide bonds. The molecule has 3 heterocycles. The number of carbonyl (C=O) groups is 1. The van der Waals surface area contributed by atoms with Gasteiger partial charge in [-0.1, -0.05) is 6.42 Å². The van der Waals surface area contributed by atoms with Gasteiger partial charge in [0.25, 0.3) is 0 Å². The third-order valence-electron chi connectivity index (χ3n) is 4.87. The summed E-state index contributed by atoms with van der Waals surface area (Å²) < 4.78 is 5.86. The van der Waals surface area contributed by atoms with Crippen LogP contribution in [0.3, 0.4) is 0 Å². The maximum absolute atomic E-state index is 12.7. The largest absolute Gasteiger partial charge is 0.418 e. The summed E-state index contributed by atoms with van der Waals surface area (Å²) >= 11 is 0. The van der Waals surface area contributed by atoms with Crippen LogP contribution in [0, 0.1) is 5.92 Å². The number of rotatable bonds is 3. The van der Waals surface area contributed by atoms with Gasteiger partial charge >= 0.3 is 0 Å². The lowest BCUT2D eigenvalue weighted by molar-refractivity contribution is -0.142. The minimum absolute atomic E-state index is 0.0743. The summed E-state index contributed by atoms with van der Waals surface area (Å²) in [5, 5.41) is 8.35. The van der Waals surface area contributed by atoms with Crippen LogP contribution >= 0.6 is 0 Å². The monoisotopic (exact) mass is 312 g/mol. The molecule has 0 radical (unpaired) electrons. The third kappa shape index (κ3) is 2.73. The van der Waals surface area contributed by atoms with Crippen LogP contribution in [0.2, 0.25) is 0 Å². The number of carbonyl (C=O) groups excluding carboxylic acids is 1. The molecule has 120 valence electrons. The molecule has 6 heteroatoms. The molecule has 2 aromatic rings. The lowest BCUT2D eigenvalue weighted by Gasteiger charge is -2.38. The molecule has 0 spiro atoms. The fraction of sp³-hybridized carbons (Fsp3) is 0.529. The Morgan fingerprint density at radius 1 is 1.17 bits per heavy atom. The van der Waals surface area contributed by atoms with E-state index in [0.717, 1.165) is 44.2 Å². The molecular weight excluding hydrogens is 292 g/mol. The zero-order chi connectivity index (χ0) is 15.6. The van der Waals surface area contributed by atoms with E-state index in [1.54, 1.807) is 12.4 Å². The first-order chi connectivity index (χ1) is 11.3. The summed E-state index contributed by atoms with van der Waals surface area (Å²) in [7, 11) is 0. The minimum Gasteiger partial charge on any atom is -0.418 e. The van der Waals surface area contributed by atoms with Crippen molar-refractivity contribution in [3.63, 3.8) is 0 Å². The van der Waals surface area contributed by atoms with Gasteiger partial charge in [-0.3, -0.25) is 9.78 Å². The average molecular weight is 312 g/mol. The Bertz CT molecular complexity index is 681. The van der Waals surface area contributed by atoms with Gasteiger partial charge in [0.1, 0.15) is 6.04 Å². The van der Waals surface area contributed by atoms with Crippen molar-refractivity contribution < 1.29 is 9.21 Å². The number of amides is 1. The molecule has 23 heavy (non-hydrogen) atoms. The molecule has 2 aliphatic rings. The van der Waals surface area contributed by atoms with Gasteiger partial charge in [0.2, 0.25) is 17.7 Å². The number of hydrogen-bond donors (Lipinski definition) is 0. The molecule has 0 bridgehead atoms. The second kappa shape index (κ2) is 6.10. The van der Waals surface area contributed by atoms with Gasteiger partial charge in [-0.25, -0.2) is 0 Å². The number of nitrogens with zero attached hydrogens (tertiary/aromatic N) is 4. The van der Waals surface area contributed by atoms with E-state index in [4.69, 9.17) is 4.42 Å².